The van der Waals surface area contributed by atoms with Gasteiger partial charge in [-0.2, -0.15) is 0 Å². The van der Waals surface area contributed by atoms with Crippen LogP contribution in [0.1, 0.15) is 18.1 Å². The lowest BCUT2D eigenvalue weighted by Gasteiger charge is -2.25. The van der Waals surface area contributed by atoms with Gasteiger partial charge in [0.2, 0.25) is 5.91 Å². The molecule has 0 radical (unpaired) electrons. The minimum absolute atomic E-state index is 0.182. The largest absolute Gasteiger partial charge is 0.342 e. The molecule has 2 aliphatic rings. The molecule has 102 valence electrons. The SMILES string of the molecule is C[C@@H]1CNC[C@H]1C(=O)N1CCc2ccccc2CC1. The summed E-state index contributed by atoms with van der Waals surface area (Å²) < 4.78 is 0. The molecule has 3 nitrogen and oxygen atoms in total. The zero-order chi connectivity index (χ0) is 13.2. The van der Waals surface area contributed by atoms with E-state index in [0.29, 0.717) is 11.8 Å². The minimum atomic E-state index is 0.182. The lowest BCUT2D eigenvalue weighted by Crippen LogP contribution is -2.40. The third-order valence-corrected chi connectivity index (χ3v) is 4.57. The monoisotopic (exact) mass is 258 g/mol. The Morgan fingerprint density at radius 3 is 2.32 bits per heavy atom. The quantitative estimate of drug-likeness (QED) is 0.827. The predicted molar refractivity (Wildman–Crippen MR) is 76.0 cm³/mol. The van der Waals surface area contributed by atoms with Gasteiger partial charge in [0.25, 0.3) is 0 Å². The third kappa shape index (κ3) is 2.52. The van der Waals surface area contributed by atoms with Crippen molar-refractivity contribution in [2.75, 3.05) is 26.2 Å². The molecular formula is C16H22N2O. The molecule has 1 aromatic carbocycles. The van der Waals surface area contributed by atoms with E-state index in [1.807, 2.05) is 0 Å². The van der Waals surface area contributed by atoms with Crippen molar-refractivity contribution in [3.8, 4) is 0 Å². The lowest BCUT2D eigenvalue weighted by molar-refractivity contribution is -0.135. The van der Waals surface area contributed by atoms with Crippen LogP contribution in [0.4, 0.5) is 0 Å². The second kappa shape index (κ2) is 5.33. The van der Waals surface area contributed by atoms with Gasteiger partial charge < -0.3 is 10.2 Å². The van der Waals surface area contributed by atoms with Crippen molar-refractivity contribution < 1.29 is 4.79 Å². The Kier molecular flexibility index (Phi) is 3.56. The number of amides is 1. The van der Waals surface area contributed by atoms with Gasteiger partial charge in [0.05, 0.1) is 5.92 Å². The summed E-state index contributed by atoms with van der Waals surface area (Å²) in [5.41, 5.74) is 2.82. The van der Waals surface area contributed by atoms with Crippen LogP contribution in [0.5, 0.6) is 0 Å². The molecule has 1 amide bonds. The molecule has 3 heteroatoms. The summed E-state index contributed by atoms with van der Waals surface area (Å²) >= 11 is 0. The number of hydrogen-bond acceptors (Lipinski definition) is 2. The molecule has 0 unspecified atom stereocenters. The van der Waals surface area contributed by atoms with Crippen LogP contribution < -0.4 is 5.32 Å². The number of fused-ring (bicyclic) bond motifs is 1. The summed E-state index contributed by atoms with van der Waals surface area (Å²) in [6.45, 7) is 5.75. The Morgan fingerprint density at radius 1 is 1.16 bits per heavy atom. The maximum atomic E-state index is 12.6. The van der Waals surface area contributed by atoms with Gasteiger partial charge in [-0.25, -0.2) is 0 Å². The average molecular weight is 258 g/mol. The summed E-state index contributed by atoms with van der Waals surface area (Å²) in [5.74, 6) is 1.00. The highest BCUT2D eigenvalue weighted by molar-refractivity contribution is 5.80. The molecule has 2 aliphatic heterocycles. The van der Waals surface area contributed by atoms with Gasteiger partial charge >= 0.3 is 0 Å². The van der Waals surface area contributed by atoms with Crippen molar-refractivity contribution in [3.63, 3.8) is 0 Å². The van der Waals surface area contributed by atoms with E-state index in [-0.39, 0.29) is 5.92 Å². The maximum absolute atomic E-state index is 12.6. The molecule has 1 N–H and O–H groups in total. The van der Waals surface area contributed by atoms with Crippen molar-refractivity contribution >= 4 is 5.91 Å². The van der Waals surface area contributed by atoms with Crippen molar-refractivity contribution in [2.24, 2.45) is 11.8 Å². The van der Waals surface area contributed by atoms with Crippen LogP contribution >= 0.6 is 0 Å². The molecule has 1 saturated heterocycles. The molecule has 0 saturated carbocycles. The van der Waals surface area contributed by atoms with Gasteiger partial charge in [-0.15, -0.1) is 0 Å². The standard InChI is InChI=1S/C16H22N2O/c1-12-10-17-11-15(12)16(19)18-8-6-13-4-2-3-5-14(13)7-9-18/h2-5,12,15,17H,6-11H2,1H3/t12-,15-/m1/s1. The molecule has 0 aromatic heterocycles. The first-order chi connectivity index (χ1) is 9.25. The Balaban J connectivity index is 1.70. The molecule has 0 bridgehead atoms. The first-order valence-electron chi connectivity index (χ1n) is 7.32. The highest BCUT2D eigenvalue weighted by Gasteiger charge is 2.33. The number of carbonyl (C=O) groups excluding carboxylic acids is 1. The van der Waals surface area contributed by atoms with E-state index in [9.17, 15) is 4.79 Å². The normalized spacial score (nSPS) is 26.9. The van der Waals surface area contributed by atoms with E-state index in [0.717, 1.165) is 39.0 Å². The number of nitrogens with one attached hydrogen (secondary N) is 1. The molecule has 3 rings (SSSR count). The zero-order valence-corrected chi connectivity index (χ0v) is 11.6. The fourth-order valence-corrected chi connectivity index (χ4v) is 3.26. The van der Waals surface area contributed by atoms with E-state index in [4.69, 9.17) is 0 Å². The summed E-state index contributed by atoms with van der Waals surface area (Å²) in [5, 5.41) is 3.33. The molecule has 2 atom stereocenters. The summed E-state index contributed by atoms with van der Waals surface area (Å²) in [6, 6.07) is 8.59. The van der Waals surface area contributed by atoms with Gasteiger partial charge in [-0.05, 0) is 36.4 Å². The Labute approximate surface area is 115 Å². The fraction of sp³-hybridized carbons (Fsp3) is 0.562. The van der Waals surface area contributed by atoms with E-state index in [1.165, 1.54) is 11.1 Å². The highest BCUT2D eigenvalue weighted by Crippen LogP contribution is 2.21. The van der Waals surface area contributed by atoms with Gasteiger partial charge in [0.1, 0.15) is 0 Å². The molecular weight excluding hydrogens is 236 g/mol. The molecule has 1 fully saturated rings. The van der Waals surface area contributed by atoms with Crippen LogP contribution in [0.2, 0.25) is 0 Å². The molecule has 2 heterocycles. The Bertz CT molecular complexity index is 445. The van der Waals surface area contributed by atoms with Crippen molar-refractivity contribution in [1.29, 1.82) is 0 Å². The maximum Gasteiger partial charge on any atom is 0.227 e. The van der Waals surface area contributed by atoms with E-state index >= 15 is 0 Å². The van der Waals surface area contributed by atoms with Crippen molar-refractivity contribution in [1.82, 2.24) is 10.2 Å². The van der Waals surface area contributed by atoms with Crippen molar-refractivity contribution in [2.45, 2.75) is 19.8 Å². The Hall–Kier alpha value is -1.35. The summed E-state index contributed by atoms with van der Waals surface area (Å²) in [6.07, 6.45) is 1.99. The van der Waals surface area contributed by atoms with Gasteiger partial charge in [0, 0.05) is 19.6 Å². The fourth-order valence-electron chi connectivity index (χ4n) is 3.26. The second-order valence-corrected chi connectivity index (χ2v) is 5.84. The van der Waals surface area contributed by atoms with E-state index in [1.54, 1.807) is 0 Å². The smallest absolute Gasteiger partial charge is 0.227 e. The number of nitrogens with zero attached hydrogens (tertiary/aromatic N) is 1. The van der Waals surface area contributed by atoms with Crippen LogP contribution in [0, 0.1) is 11.8 Å². The number of rotatable bonds is 1. The van der Waals surface area contributed by atoms with E-state index < -0.39 is 0 Å². The average Bonchev–Trinajstić information content (AvgIpc) is 2.74. The first-order valence-corrected chi connectivity index (χ1v) is 7.32. The van der Waals surface area contributed by atoms with Crippen LogP contribution in [0.3, 0.4) is 0 Å². The van der Waals surface area contributed by atoms with E-state index in [2.05, 4.69) is 41.4 Å². The summed E-state index contributed by atoms with van der Waals surface area (Å²) in [4.78, 5) is 14.7. The lowest BCUT2D eigenvalue weighted by atomic mass is 9.96. The molecule has 19 heavy (non-hydrogen) atoms. The summed E-state index contributed by atoms with van der Waals surface area (Å²) in [7, 11) is 0. The second-order valence-electron chi connectivity index (χ2n) is 5.84. The molecule has 0 aliphatic carbocycles. The minimum Gasteiger partial charge on any atom is -0.342 e. The highest BCUT2D eigenvalue weighted by atomic mass is 16.2. The number of benzene rings is 1. The molecule has 1 aromatic rings. The predicted octanol–water partition coefficient (Wildman–Crippen LogP) is 1.47. The topological polar surface area (TPSA) is 32.3 Å². The van der Waals surface area contributed by atoms with Crippen molar-refractivity contribution in [3.05, 3.63) is 35.4 Å². The van der Waals surface area contributed by atoms with Gasteiger partial charge in [0.15, 0.2) is 0 Å². The van der Waals surface area contributed by atoms with Crippen LogP contribution in [0.25, 0.3) is 0 Å². The zero-order valence-electron chi connectivity index (χ0n) is 11.6. The Morgan fingerprint density at radius 2 is 1.79 bits per heavy atom. The van der Waals surface area contributed by atoms with Crippen LogP contribution in [-0.4, -0.2) is 37.0 Å². The third-order valence-electron chi connectivity index (χ3n) is 4.57. The first kappa shape index (κ1) is 12.7. The number of carbonyl (C=O) groups is 1. The van der Waals surface area contributed by atoms with Crippen LogP contribution in [-0.2, 0) is 17.6 Å². The van der Waals surface area contributed by atoms with Gasteiger partial charge in [-0.3, -0.25) is 4.79 Å². The van der Waals surface area contributed by atoms with Crippen LogP contribution in [0.15, 0.2) is 24.3 Å². The number of hydrogen-bond donors (Lipinski definition) is 1. The molecule has 0 spiro atoms. The van der Waals surface area contributed by atoms with Gasteiger partial charge in [-0.1, -0.05) is 31.2 Å².